The molecular formula is C23H24N4O3. The number of ether oxygens (including phenoxy) is 1. The van der Waals surface area contributed by atoms with Crippen molar-refractivity contribution in [3.63, 3.8) is 0 Å². The molecule has 5 rings (SSSR count). The molecule has 2 aliphatic rings. The summed E-state index contributed by atoms with van der Waals surface area (Å²) >= 11 is 0. The van der Waals surface area contributed by atoms with Crippen LogP contribution in [-0.2, 0) is 10.2 Å². The first-order valence-electron chi connectivity index (χ1n) is 10.4. The highest BCUT2D eigenvalue weighted by atomic mass is 16.5. The number of likely N-dealkylation sites (tertiary alicyclic amines) is 1. The van der Waals surface area contributed by atoms with Gasteiger partial charge in [-0.15, -0.1) is 5.10 Å². The van der Waals surface area contributed by atoms with Gasteiger partial charge < -0.3 is 9.64 Å². The molecule has 2 fully saturated rings. The van der Waals surface area contributed by atoms with Gasteiger partial charge in [0.1, 0.15) is 11.3 Å². The summed E-state index contributed by atoms with van der Waals surface area (Å²) < 4.78 is 6.74. The molecule has 2 heterocycles. The summed E-state index contributed by atoms with van der Waals surface area (Å²) in [5.41, 5.74) is 1.18. The number of fused-ring (bicyclic) bond motifs is 1. The maximum Gasteiger partial charge on any atom is 0.277 e. The molecule has 0 bridgehead atoms. The van der Waals surface area contributed by atoms with Crippen molar-refractivity contribution >= 4 is 16.8 Å². The summed E-state index contributed by atoms with van der Waals surface area (Å²) in [6.07, 6.45) is 3.18. The lowest BCUT2D eigenvalue weighted by molar-refractivity contribution is -0.135. The summed E-state index contributed by atoms with van der Waals surface area (Å²) in [5.74, 6) is 0.993. The van der Waals surface area contributed by atoms with Gasteiger partial charge in [-0.3, -0.25) is 9.59 Å². The Kier molecular flexibility index (Phi) is 4.53. The number of aromatic nitrogens is 3. The van der Waals surface area contributed by atoms with E-state index >= 15 is 0 Å². The summed E-state index contributed by atoms with van der Waals surface area (Å²) in [4.78, 5) is 28.1. The highest BCUT2D eigenvalue weighted by Gasteiger charge is 2.53. The second-order valence-electron chi connectivity index (χ2n) is 8.19. The fraction of sp³-hybridized carbons (Fsp3) is 0.391. The summed E-state index contributed by atoms with van der Waals surface area (Å²) in [5, 5.41) is 8.95. The van der Waals surface area contributed by atoms with Gasteiger partial charge in [0.05, 0.1) is 24.0 Å². The van der Waals surface area contributed by atoms with Crippen LogP contribution < -0.4 is 10.3 Å². The predicted molar refractivity (Wildman–Crippen MR) is 113 cm³/mol. The number of carbonyl (C=O) groups is 1. The minimum atomic E-state index is -0.390. The molecule has 1 aromatic heterocycles. The summed E-state index contributed by atoms with van der Waals surface area (Å²) in [6.45, 7) is 1.25. The molecule has 7 heteroatoms. The topological polar surface area (TPSA) is 77.3 Å². The van der Waals surface area contributed by atoms with Crippen LogP contribution >= 0.6 is 0 Å². The van der Waals surface area contributed by atoms with E-state index < -0.39 is 5.41 Å². The smallest absolute Gasteiger partial charge is 0.277 e. The first-order chi connectivity index (χ1) is 14.6. The van der Waals surface area contributed by atoms with E-state index in [1.54, 1.807) is 19.2 Å². The Labute approximate surface area is 174 Å². The van der Waals surface area contributed by atoms with Gasteiger partial charge in [0.15, 0.2) is 0 Å². The van der Waals surface area contributed by atoms with E-state index in [2.05, 4.69) is 10.3 Å². The fourth-order valence-electron chi connectivity index (χ4n) is 4.52. The van der Waals surface area contributed by atoms with E-state index in [0.29, 0.717) is 36.8 Å². The van der Waals surface area contributed by atoms with Crippen LogP contribution in [0.3, 0.4) is 0 Å². The van der Waals surface area contributed by atoms with E-state index in [-0.39, 0.29) is 17.5 Å². The molecule has 0 atom stereocenters. The molecule has 0 radical (unpaired) electrons. The highest BCUT2D eigenvalue weighted by molar-refractivity contribution is 5.91. The second-order valence-corrected chi connectivity index (χ2v) is 8.19. The number of benzene rings is 2. The zero-order valence-electron chi connectivity index (χ0n) is 17.0. The fourth-order valence-corrected chi connectivity index (χ4v) is 4.52. The molecule has 2 aromatic carbocycles. The number of carbonyl (C=O) groups excluding carboxylic acids is 1. The van der Waals surface area contributed by atoms with Gasteiger partial charge in [-0.2, -0.15) is 0 Å². The van der Waals surface area contributed by atoms with Gasteiger partial charge in [-0.1, -0.05) is 29.5 Å². The number of amides is 1. The summed E-state index contributed by atoms with van der Waals surface area (Å²) in [7, 11) is 1.64. The van der Waals surface area contributed by atoms with Gasteiger partial charge in [-0.25, -0.2) is 4.68 Å². The van der Waals surface area contributed by atoms with Crippen LogP contribution in [0.25, 0.3) is 10.9 Å². The normalized spacial score (nSPS) is 18.4. The predicted octanol–water partition coefficient (Wildman–Crippen LogP) is 2.70. The minimum absolute atomic E-state index is 0.0326. The van der Waals surface area contributed by atoms with Crippen molar-refractivity contribution in [1.82, 2.24) is 19.9 Å². The third kappa shape index (κ3) is 3.05. The van der Waals surface area contributed by atoms with Crippen LogP contribution in [0.15, 0.2) is 53.3 Å². The number of hydrogen-bond acceptors (Lipinski definition) is 5. The van der Waals surface area contributed by atoms with E-state index in [1.165, 1.54) is 4.68 Å². The number of rotatable bonds is 4. The third-order valence-corrected chi connectivity index (χ3v) is 6.49. The van der Waals surface area contributed by atoms with Gasteiger partial charge >= 0.3 is 0 Å². The Hall–Kier alpha value is -3.22. The molecule has 0 spiro atoms. The Morgan fingerprint density at radius 2 is 1.77 bits per heavy atom. The van der Waals surface area contributed by atoms with E-state index in [0.717, 1.165) is 24.2 Å². The molecule has 1 aliphatic heterocycles. The van der Waals surface area contributed by atoms with Crippen LogP contribution in [0.2, 0.25) is 0 Å². The monoisotopic (exact) mass is 404 g/mol. The van der Waals surface area contributed by atoms with Gasteiger partial charge in [0.2, 0.25) is 5.91 Å². The van der Waals surface area contributed by atoms with Crippen LogP contribution in [0.5, 0.6) is 5.75 Å². The van der Waals surface area contributed by atoms with Crippen molar-refractivity contribution in [3.05, 3.63) is 64.4 Å². The van der Waals surface area contributed by atoms with Crippen molar-refractivity contribution in [2.45, 2.75) is 37.1 Å². The van der Waals surface area contributed by atoms with Crippen LogP contribution in [0.4, 0.5) is 0 Å². The zero-order chi connectivity index (χ0) is 20.7. The van der Waals surface area contributed by atoms with E-state index in [4.69, 9.17) is 4.74 Å². The lowest BCUT2D eigenvalue weighted by atomic mass is 9.92. The number of hydrogen-bond donors (Lipinski definition) is 0. The maximum atomic E-state index is 13.3. The Bertz CT molecular complexity index is 1140. The SMILES string of the molecule is COc1ccc(C2(C(=O)N3CCC(n4nnc5ccccc5c4=O)CC3)CC2)cc1. The third-order valence-electron chi connectivity index (χ3n) is 6.49. The zero-order valence-corrected chi connectivity index (χ0v) is 17.0. The molecule has 1 saturated heterocycles. The molecule has 154 valence electrons. The van der Waals surface area contributed by atoms with Crippen LogP contribution in [0.1, 0.15) is 37.3 Å². The lowest BCUT2D eigenvalue weighted by Crippen LogP contribution is -2.45. The van der Waals surface area contributed by atoms with Crippen LogP contribution in [-0.4, -0.2) is 46.0 Å². The Balaban J connectivity index is 1.31. The highest BCUT2D eigenvalue weighted by Crippen LogP contribution is 2.50. The molecule has 7 nitrogen and oxygen atoms in total. The number of piperidine rings is 1. The molecule has 1 saturated carbocycles. The van der Waals surface area contributed by atoms with Crippen molar-refractivity contribution in [1.29, 1.82) is 0 Å². The van der Waals surface area contributed by atoms with Crippen molar-refractivity contribution < 1.29 is 9.53 Å². The Morgan fingerprint density at radius 3 is 2.43 bits per heavy atom. The Morgan fingerprint density at radius 1 is 1.07 bits per heavy atom. The molecular weight excluding hydrogens is 380 g/mol. The standard InChI is InChI=1S/C23H24N4O3/c1-30-18-8-6-16(7-9-18)23(12-13-23)22(29)26-14-10-17(11-15-26)27-21(28)19-4-2-3-5-20(19)24-25-27/h2-9,17H,10-15H2,1H3. The van der Waals surface area contributed by atoms with Gasteiger partial charge in [0, 0.05) is 13.1 Å². The average molecular weight is 404 g/mol. The molecule has 3 aromatic rings. The van der Waals surface area contributed by atoms with Gasteiger partial charge in [-0.05, 0) is 55.5 Å². The molecule has 1 aliphatic carbocycles. The van der Waals surface area contributed by atoms with Crippen LogP contribution in [0, 0.1) is 0 Å². The molecule has 0 unspecified atom stereocenters. The minimum Gasteiger partial charge on any atom is -0.497 e. The summed E-state index contributed by atoms with van der Waals surface area (Å²) in [6, 6.07) is 15.1. The van der Waals surface area contributed by atoms with Crippen molar-refractivity contribution in [2.24, 2.45) is 0 Å². The van der Waals surface area contributed by atoms with E-state index in [9.17, 15) is 9.59 Å². The maximum absolute atomic E-state index is 13.3. The molecule has 30 heavy (non-hydrogen) atoms. The largest absolute Gasteiger partial charge is 0.497 e. The van der Waals surface area contributed by atoms with Gasteiger partial charge in [0.25, 0.3) is 5.56 Å². The number of methoxy groups -OCH3 is 1. The quantitative estimate of drug-likeness (QED) is 0.668. The number of nitrogens with zero attached hydrogens (tertiary/aromatic N) is 4. The van der Waals surface area contributed by atoms with E-state index in [1.807, 2.05) is 41.3 Å². The van der Waals surface area contributed by atoms with Crippen molar-refractivity contribution in [2.75, 3.05) is 20.2 Å². The average Bonchev–Trinajstić information content (AvgIpc) is 3.61. The first-order valence-corrected chi connectivity index (χ1v) is 10.4. The van der Waals surface area contributed by atoms with Crippen molar-refractivity contribution in [3.8, 4) is 5.75 Å². The second kappa shape index (κ2) is 7.23. The molecule has 1 amide bonds. The first kappa shape index (κ1) is 18.8. The molecule has 0 N–H and O–H groups in total. The lowest BCUT2D eigenvalue weighted by Gasteiger charge is -2.34.